The van der Waals surface area contributed by atoms with E-state index in [1.807, 2.05) is 0 Å². The Bertz CT molecular complexity index is 717. The largest absolute Gasteiger partial charge is 0.335 e. The molecule has 0 radical (unpaired) electrons. The first-order valence-electron chi connectivity index (χ1n) is 9.54. The molecule has 150 valence electrons. The lowest BCUT2D eigenvalue weighted by atomic mass is 9.73. The molecular formula is C18H24F4N4O. The quantitative estimate of drug-likeness (QED) is 0.736. The minimum atomic E-state index is -2.63. The number of hydrogen-bond acceptors (Lipinski definition) is 2. The van der Waals surface area contributed by atoms with Crippen LogP contribution in [-0.4, -0.2) is 34.2 Å². The Kier molecular flexibility index (Phi) is 4.58. The van der Waals surface area contributed by atoms with Crippen molar-refractivity contribution in [2.24, 2.45) is 13.0 Å². The monoisotopic (exact) mass is 388 g/mol. The Hall–Kier alpha value is -1.80. The van der Waals surface area contributed by atoms with Gasteiger partial charge < -0.3 is 5.32 Å². The minimum absolute atomic E-state index is 0.202. The summed E-state index contributed by atoms with van der Waals surface area (Å²) in [7, 11) is 1.69. The molecule has 1 heterocycles. The van der Waals surface area contributed by atoms with E-state index in [1.165, 1.54) is 0 Å². The van der Waals surface area contributed by atoms with Gasteiger partial charge in [0.15, 0.2) is 0 Å². The van der Waals surface area contributed by atoms with E-state index < -0.39 is 24.3 Å². The van der Waals surface area contributed by atoms with Crippen LogP contribution in [-0.2, 0) is 7.05 Å². The highest BCUT2D eigenvalue weighted by Crippen LogP contribution is 2.52. The molecule has 2 N–H and O–H groups in total. The highest BCUT2D eigenvalue weighted by molar-refractivity contribution is 5.89. The number of alkyl halides is 4. The third kappa shape index (κ3) is 3.52. The van der Waals surface area contributed by atoms with Crippen LogP contribution in [0.4, 0.5) is 28.2 Å². The molecule has 0 aromatic carbocycles. The van der Waals surface area contributed by atoms with Gasteiger partial charge in [0, 0.05) is 43.3 Å². The molecule has 0 atom stereocenters. The second kappa shape index (κ2) is 6.67. The number of anilines is 1. The molecule has 0 unspecified atom stereocenters. The lowest BCUT2D eigenvalue weighted by Crippen LogP contribution is -2.48. The first kappa shape index (κ1) is 18.6. The van der Waals surface area contributed by atoms with E-state index in [9.17, 15) is 22.4 Å². The predicted octanol–water partition coefficient (Wildman–Crippen LogP) is 4.37. The van der Waals surface area contributed by atoms with Crippen LogP contribution < -0.4 is 10.6 Å². The third-order valence-corrected chi connectivity index (χ3v) is 6.20. The highest BCUT2D eigenvalue weighted by atomic mass is 19.3. The SMILES string of the molecule is Cn1nc(C2CC(F)(F)C2)c(C2CCC2)c1NC(=O)NC1CC(C(F)F)C1. The topological polar surface area (TPSA) is 59.0 Å². The molecule has 0 bridgehead atoms. The van der Waals surface area contributed by atoms with E-state index in [-0.39, 0.29) is 43.6 Å². The van der Waals surface area contributed by atoms with Gasteiger partial charge in [0.05, 0.1) is 5.69 Å². The Morgan fingerprint density at radius 1 is 1.22 bits per heavy atom. The van der Waals surface area contributed by atoms with E-state index in [1.54, 1.807) is 11.7 Å². The summed E-state index contributed by atoms with van der Waals surface area (Å²) in [4.78, 5) is 12.3. The lowest BCUT2D eigenvalue weighted by Gasteiger charge is -2.36. The second-order valence-electron chi connectivity index (χ2n) is 8.22. The van der Waals surface area contributed by atoms with Crippen LogP contribution in [0, 0.1) is 5.92 Å². The van der Waals surface area contributed by atoms with Crippen LogP contribution in [0.25, 0.3) is 0 Å². The number of urea groups is 1. The summed E-state index contributed by atoms with van der Waals surface area (Å²) >= 11 is 0. The van der Waals surface area contributed by atoms with Crippen LogP contribution in [0.1, 0.15) is 68.0 Å². The molecule has 0 aliphatic heterocycles. The summed E-state index contributed by atoms with van der Waals surface area (Å²) in [6.45, 7) is 0. The van der Waals surface area contributed by atoms with Gasteiger partial charge in [-0.3, -0.25) is 10.00 Å². The van der Waals surface area contributed by atoms with Crippen molar-refractivity contribution in [3.05, 3.63) is 11.3 Å². The molecule has 27 heavy (non-hydrogen) atoms. The van der Waals surface area contributed by atoms with Crippen molar-refractivity contribution in [2.75, 3.05) is 5.32 Å². The Morgan fingerprint density at radius 2 is 1.89 bits per heavy atom. The summed E-state index contributed by atoms with van der Waals surface area (Å²) in [5.41, 5.74) is 1.54. The fourth-order valence-corrected chi connectivity index (χ4v) is 4.28. The molecule has 1 aromatic rings. The number of rotatable bonds is 5. The number of nitrogens with one attached hydrogen (secondary N) is 2. The Labute approximate surface area is 154 Å². The van der Waals surface area contributed by atoms with Gasteiger partial charge in [-0.25, -0.2) is 22.4 Å². The van der Waals surface area contributed by atoms with Crippen molar-refractivity contribution in [3.63, 3.8) is 0 Å². The molecule has 3 fully saturated rings. The van der Waals surface area contributed by atoms with Gasteiger partial charge in [-0.05, 0) is 31.6 Å². The van der Waals surface area contributed by atoms with Crippen LogP contribution in [0.5, 0.6) is 0 Å². The average Bonchev–Trinajstić information content (AvgIpc) is 2.75. The van der Waals surface area contributed by atoms with Gasteiger partial charge in [-0.2, -0.15) is 5.10 Å². The zero-order valence-electron chi connectivity index (χ0n) is 15.2. The van der Waals surface area contributed by atoms with Gasteiger partial charge in [0.1, 0.15) is 5.82 Å². The molecule has 9 heteroatoms. The molecular weight excluding hydrogens is 364 g/mol. The maximum atomic E-state index is 13.3. The van der Waals surface area contributed by atoms with Gasteiger partial charge in [0.2, 0.25) is 12.3 Å². The molecule has 5 nitrogen and oxygen atoms in total. The number of amides is 2. The van der Waals surface area contributed by atoms with Gasteiger partial charge >= 0.3 is 6.03 Å². The van der Waals surface area contributed by atoms with Crippen molar-refractivity contribution in [2.45, 2.75) is 75.2 Å². The molecule has 3 aliphatic carbocycles. The van der Waals surface area contributed by atoms with Crippen molar-refractivity contribution in [1.29, 1.82) is 0 Å². The van der Waals surface area contributed by atoms with Crippen molar-refractivity contribution in [3.8, 4) is 0 Å². The number of halogens is 4. The van der Waals surface area contributed by atoms with Crippen LogP contribution >= 0.6 is 0 Å². The first-order valence-corrected chi connectivity index (χ1v) is 9.54. The predicted molar refractivity (Wildman–Crippen MR) is 91.4 cm³/mol. The fourth-order valence-electron chi connectivity index (χ4n) is 4.28. The highest BCUT2D eigenvalue weighted by Gasteiger charge is 2.49. The number of hydrogen-bond donors (Lipinski definition) is 2. The summed E-state index contributed by atoms with van der Waals surface area (Å²) < 4.78 is 53.3. The maximum Gasteiger partial charge on any atom is 0.320 e. The van der Waals surface area contributed by atoms with Gasteiger partial charge in [-0.15, -0.1) is 0 Å². The smallest absolute Gasteiger partial charge is 0.320 e. The number of nitrogens with zero attached hydrogens (tertiary/aromatic N) is 2. The molecule has 3 aliphatic rings. The molecule has 0 saturated heterocycles. The third-order valence-electron chi connectivity index (χ3n) is 6.20. The van der Waals surface area contributed by atoms with Crippen LogP contribution in [0.2, 0.25) is 0 Å². The molecule has 0 spiro atoms. The van der Waals surface area contributed by atoms with E-state index in [4.69, 9.17) is 0 Å². The number of aromatic nitrogens is 2. The van der Waals surface area contributed by atoms with E-state index in [0.29, 0.717) is 11.5 Å². The minimum Gasteiger partial charge on any atom is -0.335 e. The maximum absolute atomic E-state index is 13.3. The molecule has 4 rings (SSSR count). The first-order chi connectivity index (χ1) is 12.7. The lowest BCUT2D eigenvalue weighted by molar-refractivity contribution is -0.0879. The van der Waals surface area contributed by atoms with Crippen molar-refractivity contribution < 1.29 is 22.4 Å². The Morgan fingerprint density at radius 3 is 2.41 bits per heavy atom. The standard InChI is InChI=1S/C18H24F4N4O/c1-26-16(24-17(27)23-12-5-10(6-12)15(19)20)13(9-3-2-4-9)14(25-26)11-7-18(21,22)8-11/h9-12,15H,2-8H2,1H3,(H2,23,24,27). The second-order valence-corrected chi connectivity index (χ2v) is 8.22. The van der Waals surface area contributed by atoms with Gasteiger partial charge in [0.25, 0.3) is 0 Å². The summed E-state index contributed by atoms with van der Waals surface area (Å²) in [5.74, 6) is -2.80. The van der Waals surface area contributed by atoms with Crippen LogP contribution in [0.15, 0.2) is 0 Å². The van der Waals surface area contributed by atoms with E-state index in [0.717, 1.165) is 24.8 Å². The Balaban J connectivity index is 1.45. The molecule has 2 amide bonds. The molecule has 1 aromatic heterocycles. The van der Waals surface area contributed by atoms with E-state index >= 15 is 0 Å². The zero-order chi connectivity index (χ0) is 19.3. The normalized spacial score (nSPS) is 27.6. The summed E-state index contributed by atoms with van der Waals surface area (Å²) in [6.07, 6.45) is 0.772. The number of carbonyl (C=O) groups is 1. The van der Waals surface area contributed by atoms with E-state index in [2.05, 4.69) is 15.7 Å². The van der Waals surface area contributed by atoms with Crippen LogP contribution in [0.3, 0.4) is 0 Å². The fraction of sp³-hybridized carbons (Fsp3) is 0.778. The van der Waals surface area contributed by atoms with Crippen molar-refractivity contribution >= 4 is 11.8 Å². The number of aryl methyl sites for hydroxylation is 1. The number of carbonyl (C=O) groups excluding carboxylic acids is 1. The summed E-state index contributed by atoms with van der Waals surface area (Å²) in [5, 5.41) is 9.95. The average molecular weight is 388 g/mol. The molecule has 3 saturated carbocycles. The summed E-state index contributed by atoms with van der Waals surface area (Å²) in [6, 6.07) is -0.712. The van der Waals surface area contributed by atoms with Crippen molar-refractivity contribution in [1.82, 2.24) is 15.1 Å². The van der Waals surface area contributed by atoms with Gasteiger partial charge in [-0.1, -0.05) is 6.42 Å². The zero-order valence-corrected chi connectivity index (χ0v) is 15.2.